The largest absolute Gasteiger partial charge is 0.388 e. The number of halogens is 1. The molecular formula is C20H23FN2O2. The van der Waals surface area contributed by atoms with Crippen molar-refractivity contribution in [2.45, 2.75) is 31.4 Å². The zero-order valence-electron chi connectivity index (χ0n) is 14.1. The lowest BCUT2D eigenvalue weighted by Crippen LogP contribution is -2.37. The van der Waals surface area contributed by atoms with Crippen molar-refractivity contribution in [1.82, 2.24) is 4.90 Å². The predicted octanol–water partition coefficient (Wildman–Crippen LogP) is 3.35. The van der Waals surface area contributed by atoms with E-state index in [2.05, 4.69) is 10.2 Å². The normalized spacial score (nSPS) is 18.9. The van der Waals surface area contributed by atoms with Gasteiger partial charge in [-0.25, -0.2) is 4.39 Å². The molecule has 132 valence electrons. The van der Waals surface area contributed by atoms with Gasteiger partial charge in [-0.2, -0.15) is 0 Å². The van der Waals surface area contributed by atoms with E-state index < -0.39 is 6.10 Å². The Bertz CT molecular complexity index is 708. The smallest absolute Gasteiger partial charge is 0.238 e. The molecule has 4 nitrogen and oxygen atoms in total. The second kappa shape index (κ2) is 8.23. The minimum atomic E-state index is -0.530. The van der Waals surface area contributed by atoms with E-state index in [-0.39, 0.29) is 24.3 Å². The Hall–Kier alpha value is -2.24. The van der Waals surface area contributed by atoms with Gasteiger partial charge in [0.05, 0.1) is 12.6 Å². The number of nitrogens with zero attached hydrogens (tertiary/aromatic N) is 1. The molecule has 1 aliphatic rings. The third kappa shape index (κ3) is 4.87. The molecule has 0 radical (unpaired) electrons. The maximum absolute atomic E-state index is 13.2. The van der Waals surface area contributed by atoms with Crippen molar-refractivity contribution in [3.05, 3.63) is 66.0 Å². The topological polar surface area (TPSA) is 52.6 Å². The summed E-state index contributed by atoms with van der Waals surface area (Å²) in [6.07, 6.45) is 2.06. The van der Waals surface area contributed by atoms with Gasteiger partial charge < -0.3 is 10.4 Å². The number of aliphatic hydroxyl groups excluding tert-OH is 1. The van der Waals surface area contributed by atoms with E-state index >= 15 is 0 Å². The van der Waals surface area contributed by atoms with Crippen LogP contribution < -0.4 is 5.32 Å². The van der Waals surface area contributed by atoms with Crippen LogP contribution in [0.3, 0.4) is 0 Å². The minimum Gasteiger partial charge on any atom is -0.388 e. The molecule has 1 aliphatic heterocycles. The van der Waals surface area contributed by atoms with E-state index in [1.54, 1.807) is 12.1 Å². The van der Waals surface area contributed by atoms with Crippen LogP contribution in [0.5, 0.6) is 0 Å². The van der Waals surface area contributed by atoms with Crippen molar-refractivity contribution in [3.63, 3.8) is 0 Å². The highest BCUT2D eigenvalue weighted by Gasteiger charge is 2.28. The van der Waals surface area contributed by atoms with Gasteiger partial charge in [0.2, 0.25) is 5.91 Å². The molecule has 1 amide bonds. The van der Waals surface area contributed by atoms with E-state index in [0.29, 0.717) is 12.1 Å². The number of nitrogens with one attached hydrogen (secondary N) is 1. The standard InChI is InChI=1S/C20H23FN2O2/c21-16-8-4-9-17(12-16)22-20(25)14-23-11-5-10-18(23)13-19(24)15-6-2-1-3-7-15/h1-4,6-9,12,18-19,24H,5,10-11,13-14H2,(H,22,25). The van der Waals surface area contributed by atoms with Gasteiger partial charge in [0.15, 0.2) is 0 Å². The Balaban J connectivity index is 1.55. The summed E-state index contributed by atoms with van der Waals surface area (Å²) in [6, 6.07) is 15.6. The first-order valence-corrected chi connectivity index (χ1v) is 8.64. The Morgan fingerprint density at radius 1 is 1.24 bits per heavy atom. The average molecular weight is 342 g/mol. The summed E-state index contributed by atoms with van der Waals surface area (Å²) in [5, 5.41) is 13.2. The second-order valence-corrected chi connectivity index (χ2v) is 6.49. The maximum atomic E-state index is 13.2. The van der Waals surface area contributed by atoms with Crippen molar-refractivity contribution < 1.29 is 14.3 Å². The SMILES string of the molecule is O=C(CN1CCCC1CC(O)c1ccccc1)Nc1cccc(F)c1. The first kappa shape index (κ1) is 17.6. The number of aliphatic hydroxyl groups is 1. The van der Waals surface area contributed by atoms with Crippen LogP contribution in [0.4, 0.5) is 10.1 Å². The summed E-state index contributed by atoms with van der Waals surface area (Å²) in [5.41, 5.74) is 1.36. The highest BCUT2D eigenvalue weighted by molar-refractivity contribution is 5.92. The minimum absolute atomic E-state index is 0.160. The number of rotatable bonds is 6. The Kier molecular flexibility index (Phi) is 5.79. The van der Waals surface area contributed by atoms with Crippen LogP contribution in [0, 0.1) is 5.82 Å². The lowest BCUT2D eigenvalue weighted by Gasteiger charge is -2.26. The number of hydrogen-bond donors (Lipinski definition) is 2. The molecule has 2 aromatic rings. The fraction of sp³-hybridized carbons (Fsp3) is 0.350. The molecule has 2 unspecified atom stereocenters. The third-order valence-electron chi connectivity index (χ3n) is 4.63. The van der Waals surface area contributed by atoms with E-state index in [1.807, 2.05) is 30.3 Å². The van der Waals surface area contributed by atoms with Crippen molar-refractivity contribution in [1.29, 1.82) is 0 Å². The van der Waals surface area contributed by atoms with Crippen LogP contribution in [-0.4, -0.2) is 35.0 Å². The van der Waals surface area contributed by atoms with E-state index in [1.165, 1.54) is 12.1 Å². The molecule has 1 heterocycles. The fourth-order valence-corrected chi connectivity index (χ4v) is 3.39. The van der Waals surface area contributed by atoms with E-state index in [9.17, 15) is 14.3 Å². The zero-order chi connectivity index (χ0) is 17.6. The molecule has 2 aromatic carbocycles. The third-order valence-corrected chi connectivity index (χ3v) is 4.63. The number of hydrogen-bond acceptors (Lipinski definition) is 3. The molecule has 0 bridgehead atoms. The number of amides is 1. The Labute approximate surface area is 147 Å². The summed E-state index contributed by atoms with van der Waals surface area (Å²) in [4.78, 5) is 14.3. The Morgan fingerprint density at radius 2 is 2.04 bits per heavy atom. The van der Waals surface area contributed by atoms with Gasteiger partial charge in [-0.15, -0.1) is 0 Å². The molecule has 0 spiro atoms. The fourth-order valence-electron chi connectivity index (χ4n) is 3.39. The second-order valence-electron chi connectivity index (χ2n) is 6.49. The quantitative estimate of drug-likeness (QED) is 0.846. The van der Waals surface area contributed by atoms with E-state index in [0.717, 1.165) is 24.9 Å². The number of carbonyl (C=O) groups excluding carboxylic acids is 1. The van der Waals surface area contributed by atoms with Crippen molar-refractivity contribution >= 4 is 11.6 Å². The maximum Gasteiger partial charge on any atom is 0.238 e. The molecule has 1 fully saturated rings. The van der Waals surface area contributed by atoms with Crippen molar-refractivity contribution in [3.8, 4) is 0 Å². The monoisotopic (exact) mass is 342 g/mol. The number of anilines is 1. The molecule has 0 aliphatic carbocycles. The summed E-state index contributed by atoms with van der Waals surface area (Å²) in [6.45, 7) is 1.09. The summed E-state index contributed by atoms with van der Waals surface area (Å²) in [7, 11) is 0. The van der Waals surface area contributed by atoms with Gasteiger partial charge in [0.1, 0.15) is 5.82 Å². The van der Waals surface area contributed by atoms with Crippen LogP contribution in [0.15, 0.2) is 54.6 Å². The molecule has 2 atom stereocenters. The van der Waals surface area contributed by atoms with Gasteiger partial charge in [-0.3, -0.25) is 9.69 Å². The van der Waals surface area contributed by atoms with Crippen molar-refractivity contribution in [2.75, 3.05) is 18.4 Å². The molecule has 1 saturated heterocycles. The number of carbonyl (C=O) groups is 1. The highest BCUT2D eigenvalue weighted by Crippen LogP contribution is 2.27. The van der Waals surface area contributed by atoms with Gasteiger partial charge in [-0.1, -0.05) is 36.4 Å². The molecule has 0 aromatic heterocycles. The Morgan fingerprint density at radius 3 is 2.80 bits per heavy atom. The average Bonchev–Trinajstić information content (AvgIpc) is 3.02. The van der Waals surface area contributed by atoms with Gasteiger partial charge >= 0.3 is 0 Å². The zero-order valence-corrected chi connectivity index (χ0v) is 14.1. The van der Waals surface area contributed by atoms with Crippen molar-refractivity contribution in [2.24, 2.45) is 0 Å². The van der Waals surface area contributed by atoms with Crippen LogP contribution in [0.25, 0.3) is 0 Å². The van der Waals surface area contributed by atoms with E-state index in [4.69, 9.17) is 0 Å². The summed E-state index contributed by atoms with van der Waals surface area (Å²) < 4.78 is 13.2. The number of benzene rings is 2. The lowest BCUT2D eigenvalue weighted by molar-refractivity contribution is -0.117. The predicted molar refractivity (Wildman–Crippen MR) is 95.6 cm³/mol. The molecule has 5 heteroatoms. The molecule has 25 heavy (non-hydrogen) atoms. The molecule has 2 N–H and O–H groups in total. The summed E-state index contributed by atoms with van der Waals surface area (Å²) in [5.74, 6) is -0.533. The summed E-state index contributed by atoms with van der Waals surface area (Å²) >= 11 is 0. The molecule has 0 saturated carbocycles. The van der Waals surface area contributed by atoms with Crippen LogP contribution >= 0.6 is 0 Å². The number of likely N-dealkylation sites (tertiary alicyclic amines) is 1. The molecular weight excluding hydrogens is 319 g/mol. The van der Waals surface area contributed by atoms with Gasteiger partial charge in [-0.05, 0) is 49.6 Å². The first-order valence-electron chi connectivity index (χ1n) is 8.64. The molecule has 3 rings (SSSR count). The lowest BCUT2D eigenvalue weighted by atomic mass is 10.0. The van der Waals surface area contributed by atoms with Gasteiger partial charge in [0, 0.05) is 11.7 Å². The van der Waals surface area contributed by atoms with Gasteiger partial charge in [0.25, 0.3) is 0 Å². The van der Waals surface area contributed by atoms with Crippen LogP contribution in [0.1, 0.15) is 30.9 Å². The first-order chi connectivity index (χ1) is 12.1. The highest BCUT2D eigenvalue weighted by atomic mass is 19.1. The van der Waals surface area contributed by atoms with Crippen LogP contribution in [-0.2, 0) is 4.79 Å². The van der Waals surface area contributed by atoms with Crippen LogP contribution in [0.2, 0.25) is 0 Å².